The lowest BCUT2D eigenvalue weighted by atomic mass is 10.2. The second-order valence-corrected chi connectivity index (χ2v) is 6.11. The first-order valence-corrected chi connectivity index (χ1v) is 7.37. The van der Waals surface area contributed by atoms with Crippen molar-refractivity contribution < 1.29 is 0 Å². The molecule has 0 saturated heterocycles. The molecular formula is C15H15N3OS. The number of aromatic nitrogens is 3. The number of pyridine rings is 1. The topological polar surface area (TPSA) is 47.8 Å². The highest BCUT2D eigenvalue weighted by molar-refractivity contribution is 7.11. The summed E-state index contributed by atoms with van der Waals surface area (Å²) in [5, 5.41) is 11.2. The van der Waals surface area contributed by atoms with Gasteiger partial charge in [-0.25, -0.2) is 0 Å². The third kappa shape index (κ3) is 2.36. The summed E-state index contributed by atoms with van der Waals surface area (Å²) in [6.45, 7) is 4.86. The number of para-hydroxylation sites is 1. The van der Waals surface area contributed by atoms with Crippen LogP contribution in [0.5, 0.6) is 0 Å². The molecule has 20 heavy (non-hydrogen) atoms. The van der Waals surface area contributed by atoms with Gasteiger partial charge >= 0.3 is 0 Å². The Morgan fingerprint density at radius 3 is 2.75 bits per heavy atom. The molecule has 2 aromatic heterocycles. The molecule has 0 bridgehead atoms. The van der Waals surface area contributed by atoms with E-state index in [1.807, 2.05) is 35.0 Å². The Labute approximate surface area is 120 Å². The molecule has 0 N–H and O–H groups in total. The zero-order valence-electron chi connectivity index (χ0n) is 11.4. The zero-order valence-corrected chi connectivity index (χ0v) is 12.2. The predicted octanol–water partition coefficient (Wildman–Crippen LogP) is 3.02. The van der Waals surface area contributed by atoms with Crippen LogP contribution in [-0.4, -0.2) is 14.8 Å². The normalized spacial score (nSPS) is 11.3. The van der Waals surface area contributed by atoms with Gasteiger partial charge in [0.1, 0.15) is 10.0 Å². The number of benzene rings is 1. The molecule has 0 spiro atoms. The molecule has 0 aliphatic rings. The van der Waals surface area contributed by atoms with Gasteiger partial charge in [-0.1, -0.05) is 37.3 Å². The number of nitrogens with zero attached hydrogens (tertiary/aromatic N) is 3. The second kappa shape index (κ2) is 5.17. The SMILES string of the molecule is CC(C)c1nnc(Cn2ccc(=O)c3ccccc32)s1. The van der Waals surface area contributed by atoms with E-state index in [1.165, 1.54) is 0 Å². The van der Waals surface area contributed by atoms with E-state index in [0.717, 1.165) is 20.9 Å². The summed E-state index contributed by atoms with van der Waals surface area (Å²) in [4.78, 5) is 11.8. The maximum atomic E-state index is 11.8. The minimum absolute atomic E-state index is 0.0528. The number of hydrogen-bond donors (Lipinski definition) is 0. The molecule has 102 valence electrons. The summed E-state index contributed by atoms with van der Waals surface area (Å²) >= 11 is 1.63. The van der Waals surface area contributed by atoms with E-state index >= 15 is 0 Å². The Balaban J connectivity index is 2.02. The van der Waals surface area contributed by atoms with Crippen LogP contribution in [0.25, 0.3) is 10.9 Å². The molecule has 2 heterocycles. The molecule has 1 aromatic carbocycles. The lowest BCUT2D eigenvalue weighted by molar-refractivity contribution is 0.782. The third-order valence-electron chi connectivity index (χ3n) is 3.17. The van der Waals surface area contributed by atoms with E-state index in [0.29, 0.717) is 12.5 Å². The van der Waals surface area contributed by atoms with Gasteiger partial charge in [-0.15, -0.1) is 10.2 Å². The monoisotopic (exact) mass is 285 g/mol. The summed E-state index contributed by atoms with van der Waals surface area (Å²) < 4.78 is 2.04. The Bertz CT molecular complexity index is 804. The highest BCUT2D eigenvalue weighted by atomic mass is 32.1. The van der Waals surface area contributed by atoms with E-state index in [1.54, 1.807) is 17.4 Å². The smallest absolute Gasteiger partial charge is 0.189 e. The van der Waals surface area contributed by atoms with Gasteiger partial charge in [-0.05, 0) is 12.1 Å². The number of hydrogen-bond acceptors (Lipinski definition) is 4. The van der Waals surface area contributed by atoms with Crippen molar-refractivity contribution in [2.75, 3.05) is 0 Å². The largest absolute Gasteiger partial charge is 0.340 e. The van der Waals surface area contributed by atoms with Crippen LogP contribution < -0.4 is 5.43 Å². The third-order valence-corrected chi connectivity index (χ3v) is 4.38. The van der Waals surface area contributed by atoms with Gasteiger partial charge in [0.15, 0.2) is 5.43 Å². The van der Waals surface area contributed by atoms with E-state index in [-0.39, 0.29) is 5.43 Å². The Kier molecular flexibility index (Phi) is 3.36. The van der Waals surface area contributed by atoms with E-state index in [4.69, 9.17) is 0 Å². The lowest BCUT2D eigenvalue weighted by Crippen LogP contribution is -2.08. The fraction of sp³-hybridized carbons (Fsp3) is 0.267. The molecule has 0 radical (unpaired) electrons. The lowest BCUT2D eigenvalue weighted by Gasteiger charge is -2.08. The summed E-state index contributed by atoms with van der Waals surface area (Å²) in [5.41, 5.74) is 0.985. The van der Waals surface area contributed by atoms with Crippen molar-refractivity contribution in [1.82, 2.24) is 14.8 Å². The standard InChI is InChI=1S/C15H15N3OS/c1-10(2)15-17-16-14(20-15)9-18-8-7-13(19)11-5-3-4-6-12(11)18/h3-8,10H,9H2,1-2H3. The molecule has 3 rings (SSSR count). The van der Waals surface area contributed by atoms with Gasteiger partial charge in [0.2, 0.25) is 0 Å². The first-order chi connectivity index (χ1) is 9.65. The van der Waals surface area contributed by atoms with Gasteiger partial charge in [-0.2, -0.15) is 0 Å². The quantitative estimate of drug-likeness (QED) is 0.743. The maximum Gasteiger partial charge on any atom is 0.189 e. The second-order valence-electron chi connectivity index (χ2n) is 5.01. The first kappa shape index (κ1) is 13.0. The van der Waals surface area contributed by atoms with Crippen LogP contribution in [0, 0.1) is 0 Å². The van der Waals surface area contributed by atoms with Crippen molar-refractivity contribution in [1.29, 1.82) is 0 Å². The number of rotatable bonds is 3. The summed E-state index contributed by atoms with van der Waals surface area (Å²) in [6, 6.07) is 9.25. The molecule has 0 aliphatic heterocycles. The van der Waals surface area contributed by atoms with Crippen LogP contribution in [-0.2, 0) is 6.54 Å². The van der Waals surface area contributed by atoms with Crippen molar-refractivity contribution in [2.45, 2.75) is 26.3 Å². The zero-order chi connectivity index (χ0) is 14.1. The minimum atomic E-state index is 0.0528. The van der Waals surface area contributed by atoms with Crippen LogP contribution >= 0.6 is 11.3 Å². The molecule has 3 aromatic rings. The molecule has 5 heteroatoms. The summed E-state index contributed by atoms with van der Waals surface area (Å²) in [6.07, 6.45) is 1.82. The molecule has 0 amide bonds. The molecule has 4 nitrogen and oxygen atoms in total. The highest BCUT2D eigenvalue weighted by Crippen LogP contribution is 2.20. The van der Waals surface area contributed by atoms with Gasteiger partial charge in [0.25, 0.3) is 0 Å². The summed E-state index contributed by atoms with van der Waals surface area (Å²) in [5.74, 6) is 0.395. The fourth-order valence-electron chi connectivity index (χ4n) is 2.11. The van der Waals surface area contributed by atoms with Gasteiger partial charge in [0, 0.05) is 23.6 Å². The van der Waals surface area contributed by atoms with Crippen LogP contribution in [0.15, 0.2) is 41.3 Å². The Hall–Kier alpha value is -2.01. The van der Waals surface area contributed by atoms with Gasteiger partial charge in [0.05, 0.1) is 12.1 Å². The Morgan fingerprint density at radius 2 is 2.00 bits per heavy atom. The van der Waals surface area contributed by atoms with Crippen molar-refractivity contribution in [3.05, 3.63) is 56.8 Å². The molecule has 0 saturated carbocycles. The highest BCUT2D eigenvalue weighted by Gasteiger charge is 2.09. The van der Waals surface area contributed by atoms with E-state index < -0.39 is 0 Å². The Morgan fingerprint density at radius 1 is 1.20 bits per heavy atom. The molecule has 0 unspecified atom stereocenters. The molecule has 0 atom stereocenters. The predicted molar refractivity (Wildman–Crippen MR) is 81.3 cm³/mol. The van der Waals surface area contributed by atoms with Crippen LogP contribution in [0.2, 0.25) is 0 Å². The average Bonchev–Trinajstić information content (AvgIpc) is 2.91. The maximum absolute atomic E-state index is 11.8. The van der Waals surface area contributed by atoms with Crippen molar-refractivity contribution in [3.63, 3.8) is 0 Å². The van der Waals surface area contributed by atoms with Gasteiger partial charge in [-0.3, -0.25) is 4.79 Å². The van der Waals surface area contributed by atoms with Crippen molar-refractivity contribution >= 4 is 22.2 Å². The molecule has 0 aliphatic carbocycles. The van der Waals surface area contributed by atoms with Gasteiger partial charge < -0.3 is 4.57 Å². The molecular weight excluding hydrogens is 270 g/mol. The minimum Gasteiger partial charge on any atom is -0.340 e. The summed E-state index contributed by atoms with van der Waals surface area (Å²) in [7, 11) is 0. The van der Waals surface area contributed by atoms with Crippen LogP contribution in [0.4, 0.5) is 0 Å². The number of fused-ring (bicyclic) bond motifs is 1. The van der Waals surface area contributed by atoms with Crippen molar-refractivity contribution in [2.24, 2.45) is 0 Å². The fourth-order valence-corrected chi connectivity index (χ4v) is 2.95. The van der Waals surface area contributed by atoms with E-state index in [9.17, 15) is 4.79 Å². The first-order valence-electron chi connectivity index (χ1n) is 6.55. The van der Waals surface area contributed by atoms with Crippen LogP contribution in [0.3, 0.4) is 0 Å². The van der Waals surface area contributed by atoms with Crippen LogP contribution in [0.1, 0.15) is 29.8 Å². The van der Waals surface area contributed by atoms with Crippen molar-refractivity contribution in [3.8, 4) is 0 Å². The average molecular weight is 285 g/mol. The molecule has 0 fully saturated rings. The van der Waals surface area contributed by atoms with E-state index in [2.05, 4.69) is 24.0 Å².